The van der Waals surface area contributed by atoms with Crippen LogP contribution in [-0.4, -0.2) is 34.8 Å². The van der Waals surface area contributed by atoms with E-state index in [1.54, 1.807) is 0 Å². The van der Waals surface area contributed by atoms with Crippen molar-refractivity contribution in [3.05, 3.63) is 21.7 Å². The number of hydrogen-bond acceptors (Lipinski definition) is 4. The van der Waals surface area contributed by atoms with Crippen LogP contribution in [0.1, 0.15) is 19.3 Å². The van der Waals surface area contributed by atoms with Gasteiger partial charge >= 0.3 is 0 Å². The lowest BCUT2D eigenvalue weighted by Crippen LogP contribution is -2.37. The second kappa shape index (κ2) is 5.51. The minimum atomic E-state index is -0.305. The van der Waals surface area contributed by atoms with Crippen molar-refractivity contribution in [3.63, 3.8) is 0 Å². The molecule has 1 fully saturated rings. The van der Waals surface area contributed by atoms with Crippen LogP contribution in [0.15, 0.2) is 11.1 Å². The number of rotatable bonds is 3. The molecular formula is C11H16ClN3O2. The Kier molecular flexibility index (Phi) is 4.02. The van der Waals surface area contributed by atoms with Crippen LogP contribution in [0, 0.1) is 5.92 Å². The van der Waals surface area contributed by atoms with E-state index in [1.165, 1.54) is 6.33 Å². The fourth-order valence-corrected chi connectivity index (χ4v) is 2.49. The van der Waals surface area contributed by atoms with Crippen LogP contribution in [0.25, 0.3) is 0 Å². The first-order valence-corrected chi connectivity index (χ1v) is 6.19. The predicted molar refractivity (Wildman–Crippen MR) is 66.5 cm³/mol. The number of nitrogens with zero attached hydrogens (tertiary/aromatic N) is 2. The summed E-state index contributed by atoms with van der Waals surface area (Å²) in [5.41, 5.74) is -0.305. The molecule has 2 rings (SSSR count). The zero-order valence-electron chi connectivity index (χ0n) is 9.53. The molecule has 0 saturated carbocycles. The zero-order valence-corrected chi connectivity index (χ0v) is 10.3. The van der Waals surface area contributed by atoms with Crippen LogP contribution in [0.3, 0.4) is 0 Å². The minimum Gasteiger partial charge on any atom is -0.396 e. The predicted octanol–water partition coefficient (Wildman–Crippen LogP) is 1.02. The van der Waals surface area contributed by atoms with Gasteiger partial charge in [0.25, 0.3) is 5.56 Å². The van der Waals surface area contributed by atoms with Crippen LogP contribution in [0.2, 0.25) is 5.02 Å². The van der Waals surface area contributed by atoms with Gasteiger partial charge in [-0.2, -0.15) is 0 Å². The Hall–Kier alpha value is -1.07. The summed E-state index contributed by atoms with van der Waals surface area (Å²) in [6.45, 7) is 1.86. The third-order valence-electron chi connectivity index (χ3n) is 3.13. The number of aliphatic hydroxyl groups excluding tert-OH is 1. The van der Waals surface area contributed by atoms with E-state index in [2.05, 4.69) is 9.97 Å². The molecule has 94 valence electrons. The molecule has 1 aliphatic rings. The van der Waals surface area contributed by atoms with Gasteiger partial charge in [0, 0.05) is 19.7 Å². The van der Waals surface area contributed by atoms with Gasteiger partial charge in [-0.25, -0.2) is 4.98 Å². The molecule has 2 N–H and O–H groups in total. The van der Waals surface area contributed by atoms with Gasteiger partial charge in [0.2, 0.25) is 0 Å². The molecule has 1 unspecified atom stereocenters. The summed E-state index contributed by atoms with van der Waals surface area (Å²) in [5.74, 6) is 1.00. The van der Waals surface area contributed by atoms with Crippen molar-refractivity contribution in [2.24, 2.45) is 5.92 Å². The maximum absolute atomic E-state index is 11.4. The number of anilines is 1. The topological polar surface area (TPSA) is 69.2 Å². The molecule has 17 heavy (non-hydrogen) atoms. The van der Waals surface area contributed by atoms with E-state index < -0.39 is 0 Å². The number of piperidine rings is 1. The van der Waals surface area contributed by atoms with E-state index >= 15 is 0 Å². The first-order chi connectivity index (χ1) is 8.22. The first-order valence-electron chi connectivity index (χ1n) is 5.81. The molecule has 0 bridgehead atoms. The van der Waals surface area contributed by atoms with Gasteiger partial charge in [-0.3, -0.25) is 4.79 Å². The lowest BCUT2D eigenvalue weighted by atomic mass is 9.95. The van der Waals surface area contributed by atoms with Crippen molar-refractivity contribution >= 4 is 17.4 Å². The molecule has 0 amide bonds. The Morgan fingerprint density at radius 2 is 2.47 bits per heavy atom. The Balaban J connectivity index is 2.16. The van der Waals surface area contributed by atoms with E-state index in [-0.39, 0.29) is 17.2 Å². The van der Waals surface area contributed by atoms with Crippen LogP contribution in [-0.2, 0) is 0 Å². The number of aromatic nitrogens is 2. The van der Waals surface area contributed by atoms with Crippen LogP contribution < -0.4 is 10.5 Å². The number of aromatic amines is 1. The minimum absolute atomic E-state index is 0.150. The zero-order chi connectivity index (χ0) is 12.3. The summed E-state index contributed by atoms with van der Waals surface area (Å²) in [5, 5.41) is 9.11. The van der Waals surface area contributed by atoms with Crippen LogP contribution in [0.4, 0.5) is 5.82 Å². The average molecular weight is 258 g/mol. The lowest BCUT2D eigenvalue weighted by Gasteiger charge is -2.33. The highest BCUT2D eigenvalue weighted by Crippen LogP contribution is 2.26. The third-order valence-corrected chi connectivity index (χ3v) is 3.47. The summed E-state index contributed by atoms with van der Waals surface area (Å²) in [7, 11) is 0. The van der Waals surface area contributed by atoms with Gasteiger partial charge < -0.3 is 15.0 Å². The SMILES string of the molecule is O=c1[nH]cnc(N2CCCC(CCO)C2)c1Cl. The van der Waals surface area contributed by atoms with Gasteiger partial charge in [0.1, 0.15) is 5.02 Å². The molecule has 0 aromatic carbocycles. The van der Waals surface area contributed by atoms with Crippen molar-refractivity contribution in [1.82, 2.24) is 9.97 Å². The Labute approximate surface area is 104 Å². The molecule has 1 saturated heterocycles. The summed E-state index contributed by atoms with van der Waals surface area (Å²) in [6, 6.07) is 0. The van der Waals surface area contributed by atoms with E-state index in [1.807, 2.05) is 4.90 Å². The number of aliphatic hydroxyl groups is 1. The van der Waals surface area contributed by atoms with E-state index in [0.717, 1.165) is 32.4 Å². The summed E-state index contributed by atoms with van der Waals surface area (Å²) in [4.78, 5) is 20.0. The molecule has 1 aromatic heterocycles. The van der Waals surface area contributed by atoms with Gasteiger partial charge in [-0.15, -0.1) is 0 Å². The number of halogens is 1. The third kappa shape index (κ3) is 2.79. The number of H-pyrrole nitrogens is 1. The first kappa shape index (κ1) is 12.4. The van der Waals surface area contributed by atoms with Gasteiger partial charge in [0.05, 0.1) is 6.33 Å². The molecular weight excluding hydrogens is 242 g/mol. The molecule has 1 atom stereocenters. The van der Waals surface area contributed by atoms with Gasteiger partial charge in [0.15, 0.2) is 5.82 Å². The van der Waals surface area contributed by atoms with Crippen LogP contribution >= 0.6 is 11.6 Å². The Morgan fingerprint density at radius 1 is 1.65 bits per heavy atom. The van der Waals surface area contributed by atoms with Crippen molar-refractivity contribution in [3.8, 4) is 0 Å². The fraction of sp³-hybridized carbons (Fsp3) is 0.636. The quantitative estimate of drug-likeness (QED) is 0.848. The normalized spacial score (nSPS) is 20.6. The largest absolute Gasteiger partial charge is 0.396 e. The maximum Gasteiger partial charge on any atom is 0.271 e. The second-order valence-electron chi connectivity index (χ2n) is 4.34. The van der Waals surface area contributed by atoms with E-state index in [4.69, 9.17) is 16.7 Å². The molecule has 5 nitrogen and oxygen atoms in total. The van der Waals surface area contributed by atoms with E-state index in [0.29, 0.717) is 11.7 Å². The number of hydrogen-bond donors (Lipinski definition) is 2. The highest BCUT2D eigenvalue weighted by Gasteiger charge is 2.22. The highest BCUT2D eigenvalue weighted by molar-refractivity contribution is 6.32. The van der Waals surface area contributed by atoms with E-state index in [9.17, 15) is 4.79 Å². The fourth-order valence-electron chi connectivity index (χ4n) is 2.27. The van der Waals surface area contributed by atoms with Crippen molar-refractivity contribution in [2.75, 3.05) is 24.6 Å². The molecule has 2 heterocycles. The molecule has 0 radical (unpaired) electrons. The Bertz CT molecular complexity index is 433. The standard InChI is InChI=1S/C11H16ClN3O2/c12-9-10(13-7-14-11(9)17)15-4-1-2-8(6-15)3-5-16/h7-8,16H,1-6H2,(H,13,14,17). The molecule has 6 heteroatoms. The number of nitrogens with one attached hydrogen (secondary N) is 1. The second-order valence-corrected chi connectivity index (χ2v) is 4.71. The maximum atomic E-state index is 11.4. The lowest BCUT2D eigenvalue weighted by molar-refractivity contribution is 0.244. The smallest absolute Gasteiger partial charge is 0.271 e. The molecule has 0 aliphatic carbocycles. The Morgan fingerprint density at radius 3 is 3.24 bits per heavy atom. The average Bonchev–Trinajstić information content (AvgIpc) is 2.33. The van der Waals surface area contributed by atoms with Gasteiger partial charge in [-0.05, 0) is 25.2 Å². The molecule has 1 aliphatic heterocycles. The summed E-state index contributed by atoms with van der Waals surface area (Å²) >= 11 is 5.95. The van der Waals surface area contributed by atoms with Crippen molar-refractivity contribution in [2.45, 2.75) is 19.3 Å². The van der Waals surface area contributed by atoms with Crippen molar-refractivity contribution in [1.29, 1.82) is 0 Å². The molecule has 1 aromatic rings. The summed E-state index contributed by atoms with van der Waals surface area (Å²) in [6.07, 6.45) is 4.31. The monoisotopic (exact) mass is 257 g/mol. The summed E-state index contributed by atoms with van der Waals surface area (Å²) < 4.78 is 0. The highest BCUT2D eigenvalue weighted by atomic mass is 35.5. The van der Waals surface area contributed by atoms with Crippen molar-refractivity contribution < 1.29 is 5.11 Å². The van der Waals surface area contributed by atoms with Gasteiger partial charge in [-0.1, -0.05) is 11.6 Å². The molecule has 0 spiro atoms. The van der Waals surface area contributed by atoms with Crippen LogP contribution in [0.5, 0.6) is 0 Å².